The normalized spacial score (nSPS) is 12.4. The summed E-state index contributed by atoms with van der Waals surface area (Å²) in [6.45, 7) is 6.52. The van der Waals surface area contributed by atoms with E-state index in [1.807, 2.05) is 6.92 Å². The maximum absolute atomic E-state index is 12.1. The van der Waals surface area contributed by atoms with Gasteiger partial charge in [-0.1, -0.05) is 6.92 Å². The van der Waals surface area contributed by atoms with Crippen LogP contribution in [-0.4, -0.2) is 44.2 Å². The summed E-state index contributed by atoms with van der Waals surface area (Å²) in [6.07, 6.45) is 3.51. The van der Waals surface area contributed by atoms with Crippen LogP contribution in [0.25, 0.3) is 0 Å². The van der Waals surface area contributed by atoms with Gasteiger partial charge in [-0.3, -0.25) is 0 Å². The summed E-state index contributed by atoms with van der Waals surface area (Å²) in [7, 11) is -2.09. The van der Waals surface area contributed by atoms with E-state index in [-0.39, 0.29) is 11.4 Å². The minimum Gasteiger partial charge on any atom is -0.377 e. The molecule has 114 valence electrons. The first kappa shape index (κ1) is 16.8. The predicted octanol–water partition coefficient (Wildman–Crippen LogP) is 1.00. The van der Waals surface area contributed by atoms with Gasteiger partial charge in [0.15, 0.2) is 0 Å². The van der Waals surface area contributed by atoms with Gasteiger partial charge in [-0.2, -0.15) is 0 Å². The van der Waals surface area contributed by atoms with Gasteiger partial charge < -0.3 is 10.1 Å². The molecule has 1 rings (SSSR count). The van der Waals surface area contributed by atoms with Gasteiger partial charge in [-0.25, -0.2) is 23.1 Å². The monoisotopic (exact) mass is 302 g/mol. The molecule has 0 saturated heterocycles. The van der Waals surface area contributed by atoms with Crippen LogP contribution in [0.4, 0.5) is 5.95 Å². The smallest absolute Gasteiger partial charge is 0.243 e. The Balaban J connectivity index is 2.73. The number of methoxy groups -OCH3 is 1. The van der Waals surface area contributed by atoms with Gasteiger partial charge in [0.1, 0.15) is 4.90 Å². The van der Waals surface area contributed by atoms with Gasteiger partial charge >= 0.3 is 0 Å². The van der Waals surface area contributed by atoms with Crippen molar-refractivity contribution in [3.63, 3.8) is 0 Å². The second-order valence-electron chi connectivity index (χ2n) is 4.96. The lowest BCUT2D eigenvalue weighted by Crippen LogP contribution is -2.39. The van der Waals surface area contributed by atoms with E-state index >= 15 is 0 Å². The summed E-state index contributed by atoms with van der Waals surface area (Å²) in [4.78, 5) is 7.98. The van der Waals surface area contributed by atoms with Crippen LogP contribution < -0.4 is 10.0 Å². The van der Waals surface area contributed by atoms with Crippen molar-refractivity contribution >= 4 is 16.0 Å². The first-order valence-electron chi connectivity index (χ1n) is 6.41. The van der Waals surface area contributed by atoms with Gasteiger partial charge in [0.25, 0.3) is 0 Å². The Morgan fingerprint density at radius 3 is 2.40 bits per heavy atom. The van der Waals surface area contributed by atoms with Crippen LogP contribution in [0.15, 0.2) is 17.3 Å². The minimum atomic E-state index is -3.62. The molecule has 0 aromatic carbocycles. The van der Waals surface area contributed by atoms with Gasteiger partial charge in [0.05, 0.1) is 18.0 Å². The highest BCUT2D eigenvalue weighted by molar-refractivity contribution is 7.89. The minimum absolute atomic E-state index is 0.0338. The lowest BCUT2D eigenvalue weighted by molar-refractivity contribution is 0.0276. The van der Waals surface area contributed by atoms with Gasteiger partial charge in [0, 0.05) is 20.2 Å². The first-order chi connectivity index (χ1) is 9.30. The van der Waals surface area contributed by atoms with Crippen molar-refractivity contribution in [2.45, 2.75) is 37.7 Å². The second-order valence-corrected chi connectivity index (χ2v) is 6.72. The highest BCUT2D eigenvalue weighted by Crippen LogP contribution is 2.10. The molecular formula is C12H22N4O3S. The first-order valence-corrected chi connectivity index (χ1v) is 7.90. The topological polar surface area (TPSA) is 93.2 Å². The molecule has 8 heteroatoms. The number of nitrogens with zero attached hydrogens (tertiary/aromatic N) is 2. The third-order valence-corrected chi connectivity index (χ3v) is 4.07. The van der Waals surface area contributed by atoms with Crippen LogP contribution in [0.5, 0.6) is 0 Å². The van der Waals surface area contributed by atoms with Crippen molar-refractivity contribution in [3.05, 3.63) is 12.4 Å². The summed E-state index contributed by atoms with van der Waals surface area (Å²) < 4.78 is 31.7. The number of ether oxygens (including phenoxy) is 1. The van der Waals surface area contributed by atoms with Crippen molar-refractivity contribution in [1.29, 1.82) is 0 Å². The Kier molecular flexibility index (Phi) is 5.85. The summed E-state index contributed by atoms with van der Waals surface area (Å²) >= 11 is 0. The van der Waals surface area contributed by atoms with Crippen molar-refractivity contribution < 1.29 is 13.2 Å². The van der Waals surface area contributed by atoms with Crippen LogP contribution in [0, 0.1) is 0 Å². The molecule has 2 N–H and O–H groups in total. The Morgan fingerprint density at radius 2 is 1.90 bits per heavy atom. The number of anilines is 1. The Bertz CT molecular complexity index is 514. The Morgan fingerprint density at radius 1 is 1.30 bits per heavy atom. The van der Waals surface area contributed by atoms with E-state index in [1.165, 1.54) is 19.5 Å². The zero-order chi connectivity index (χ0) is 15.2. The molecule has 0 aliphatic heterocycles. The number of nitrogens with one attached hydrogen (secondary N) is 2. The number of rotatable bonds is 8. The van der Waals surface area contributed by atoms with E-state index in [4.69, 9.17) is 4.74 Å². The predicted molar refractivity (Wildman–Crippen MR) is 77.1 cm³/mol. The maximum Gasteiger partial charge on any atom is 0.243 e. The lowest BCUT2D eigenvalue weighted by Gasteiger charge is -2.22. The third kappa shape index (κ3) is 5.03. The number of sulfonamides is 1. The van der Waals surface area contributed by atoms with Crippen LogP contribution in [0.2, 0.25) is 0 Å². The average molecular weight is 302 g/mol. The Hall–Kier alpha value is -1.25. The molecule has 0 unspecified atom stereocenters. The highest BCUT2D eigenvalue weighted by atomic mass is 32.2. The standard InChI is InChI=1S/C12H22N4O3S/c1-5-6-13-11-14-7-10(8-15-11)20(17,18)16-9-12(2,3)19-4/h7-8,16H,5-6,9H2,1-4H3,(H,13,14,15). The van der Waals surface area contributed by atoms with Crippen LogP contribution in [0.1, 0.15) is 27.2 Å². The molecule has 1 aromatic rings. The lowest BCUT2D eigenvalue weighted by atomic mass is 10.1. The van der Waals surface area contributed by atoms with Crippen LogP contribution in [-0.2, 0) is 14.8 Å². The molecule has 1 heterocycles. The van der Waals surface area contributed by atoms with Crippen molar-refractivity contribution in [3.8, 4) is 0 Å². The van der Waals surface area contributed by atoms with Gasteiger partial charge in [-0.15, -0.1) is 0 Å². The molecule has 0 spiro atoms. The highest BCUT2D eigenvalue weighted by Gasteiger charge is 2.22. The van der Waals surface area contributed by atoms with Crippen molar-refractivity contribution in [2.75, 3.05) is 25.5 Å². The molecule has 0 fully saturated rings. The van der Waals surface area contributed by atoms with E-state index in [0.29, 0.717) is 5.95 Å². The van der Waals surface area contributed by atoms with E-state index < -0.39 is 15.6 Å². The molecule has 0 saturated carbocycles. The summed E-state index contributed by atoms with van der Waals surface area (Å²) in [5, 5.41) is 2.98. The third-order valence-electron chi connectivity index (χ3n) is 2.71. The quantitative estimate of drug-likeness (QED) is 0.744. The van der Waals surface area contributed by atoms with Crippen molar-refractivity contribution in [1.82, 2.24) is 14.7 Å². The average Bonchev–Trinajstić information content (AvgIpc) is 2.44. The fourth-order valence-electron chi connectivity index (χ4n) is 1.21. The zero-order valence-electron chi connectivity index (χ0n) is 12.3. The van der Waals surface area contributed by atoms with E-state index in [2.05, 4.69) is 20.0 Å². The molecule has 1 aromatic heterocycles. The SMILES string of the molecule is CCCNc1ncc(S(=O)(=O)NCC(C)(C)OC)cn1. The molecule has 0 amide bonds. The number of hydrogen-bond donors (Lipinski definition) is 2. The zero-order valence-corrected chi connectivity index (χ0v) is 13.1. The molecular weight excluding hydrogens is 280 g/mol. The molecule has 0 aliphatic rings. The fourth-order valence-corrected chi connectivity index (χ4v) is 2.29. The van der Waals surface area contributed by atoms with Crippen LogP contribution >= 0.6 is 0 Å². The summed E-state index contributed by atoms with van der Waals surface area (Å²) in [6, 6.07) is 0. The fraction of sp³-hybridized carbons (Fsp3) is 0.667. The molecule has 0 aliphatic carbocycles. The van der Waals surface area contributed by atoms with Gasteiger partial charge in [-0.05, 0) is 20.3 Å². The van der Waals surface area contributed by atoms with Crippen molar-refractivity contribution in [2.24, 2.45) is 0 Å². The molecule has 0 atom stereocenters. The molecule has 0 bridgehead atoms. The van der Waals surface area contributed by atoms with Crippen LogP contribution in [0.3, 0.4) is 0 Å². The Labute approximate surface area is 120 Å². The van der Waals surface area contributed by atoms with E-state index in [1.54, 1.807) is 13.8 Å². The number of aromatic nitrogens is 2. The van der Waals surface area contributed by atoms with Gasteiger partial charge in [0.2, 0.25) is 16.0 Å². The molecule has 20 heavy (non-hydrogen) atoms. The maximum atomic E-state index is 12.1. The van der Waals surface area contributed by atoms with E-state index in [9.17, 15) is 8.42 Å². The molecule has 0 radical (unpaired) electrons. The second kappa shape index (κ2) is 6.96. The van der Waals surface area contributed by atoms with E-state index in [0.717, 1.165) is 13.0 Å². The summed E-state index contributed by atoms with van der Waals surface area (Å²) in [5.74, 6) is 0.419. The largest absolute Gasteiger partial charge is 0.377 e. The number of hydrogen-bond acceptors (Lipinski definition) is 6. The molecule has 7 nitrogen and oxygen atoms in total. The summed E-state index contributed by atoms with van der Waals surface area (Å²) in [5.41, 5.74) is -0.573.